The summed E-state index contributed by atoms with van der Waals surface area (Å²) in [5, 5.41) is 3.75. The number of hydrogen-bond donors (Lipinski definition) is 1. The summed E-state index contributed by atoms with van der Waals surface area (Å²) >= 11 is 0. The van der Waals surface area contributed by atoms with Gasteiger partial charge in [-0.2, -0.15) is 0 Å². The SMILES string of the molecule is CCNC1CCC(C)(C)CC1N(C)C1CCN(C)CC1. The van der Waals surface area contributed by atoms with Gasteiger partial charge in [-0.15, -0.1) is 0 Å². The van der Waals surface area contributed by atoms with Crippen LogP contribution in [0.1, 0.15) is 52.9 Å². The van der Waals surface area contributed by atoms with Gasteiger partial charge in [0.15, 0.2) is 0 Å². The van der Waals surface area contributed by atoms with E-state index in [1.165, 1.54) is 45.2 Å². The van der Waals surface area contributed by atoms with E-state index in [0.29, 0.717) is 17.5 Å². The third-order valence-corrected chi connectivity index (χ3v) is 5.61. The van der Waals surface area contributed by atoms with E-state index in [9.17, 15) is 0 Å². The van der Waals surface area contributed by atoms with Crippen molar-refractivity contribution < 1.29 is 0 Å². The van der Waals surface area contributed by atoms with Crippen molar-refractivity contribution >= 4 is 0 Å². The van der Waals surface area contributed by atoms with Crippen LogP contribution < -0.4 is 5.32 Å². The molecule has 0 aromatic rings. The molecule has 3 heteroatoms. The summed E-state index contributed by atoms with van der Waals surface area (Å²) in [5.74, 6) is 0. The van der Waals surface area contributed by atoms with Crippen molar-refractivity contribution in [3.8, 4) is 0 Å². The summed E-state index contributed by atoms with van der Waals surface area (Å²) in [4.78, 5) is 5.19. The highest BCUT2D eigenvalue weighted by Gasteiger charge is 2.38. The molecular weight excluding hydrogens is 246 g/mol. The van der Waals surface area contributed by atoms with Crippen molar-refractivity contribution in [3.63, 3.8) is 0 Å². The highest BCUT2D eigenvalue weighted by atomic mass is 15.2. The van der Waals surface area contributed by atoms with Crippen LogP contribution in [0, 0.1) is 5.41 Å². The molecule has 0 aromatic heterocycles. The molecule has 2 unspecified atom stereocenters. The van der Waals surface area contributed by atoms with E-state index < -0.39 is 0 Å². The van der Waals surface area contributed by atoms with E-state index in [0.717, 1.165) is 12.6 Å². The largest absolute Gasteiger partial charge is 0.313 e. The minimum atomic E-state index is 0.510. The van der Waals surface area contributed by atoms with Crippen LogP contribution in [-0.2, 0) is 0 Å². The van der Waals surface area contributed by atoms with Gasteiger partial charge in [-0.1, -0.05) is 20.8 Å². The number of piperidine rings is 1. The molecule has 0 aromatic carbocycles. The third-order valence-electron chi connectivity index (χ3n) is 5.61. The van der Waals surface area contributed by atoms with E-state index in [-0.39, 0.29) is 0 Å². The molecular formula is C17H35N3. The van der Waals surface area contributed by atoms with Crippen LogP contribution in [-0.4, -0.2) is 61.7 Å². The van der Waals surface area contributed by atoms with Gasteiger partial charge in [0.05, 0.1) is 0 Å². The maximum absolute atomic E-state index is 3.75. The second-order valence-electron chi connectivity index (χ2n) is 7.84. The molecule has 1 N–H and O–H groups in total. The molecule has 1 aliphatic heterocycles. The molecule has 2 fully saturated rings. The number of likely N-dealkylation sites (N-methyl/N-ethyl adjacent to an activating group) is 2. The molecule has 1 saturated heterocycles. The molecule has 1 heterocycles. The summed E-state index contributed by atoms with van der Waals surface area (Å²) < 4.78 is 0. The third kappa shape index (κ3) is 3.96. The van der Waals surface area contributed by atoms with Crippen molar-refractivity contribution in [1.82, 2.24) is 15.1 Å². The van der Waals surface area contributed by atoms with Crippen molar-refractivity contribution in [3.05, 3.63) is 0 Å². The summed E-state index contributed by atoms with van der Waals surface area (Å²) in [7, 11) is 4.63. The molecule has 3 nitrogen and oxygen atoms in total. The second-order valence-corrected chi connectivity index (χ2v) is 7.84. The smallest absolute Gasteiger partial charge is 0.0254 e. The predicted octanol–water partition coefficient (Wildman–Crippen LogP) is 2.57. The van der Waals surface area contributed by atoms with Crippen LogP contribution in [0.4, 0.5) is 0 Å². The maximum atomic E-state index is 3.75. The van der Waals surface area contributed by atoms with Gasteiger partial charge in [0.1, 0.15) is 0 Å². The molecule has 2 rings (SSSR count). The number of nitrogens with zero attached hydrogens (tertiary/aromatic N) is 2. The topological polar surface area (TPSA) is 18.5 Å². The molecule has 1 aliphatic carbocycles. The van der Waals surface area contributed by atoms with Crippen LogP contribution in [0.2, 0.25) is 0 Å². The fourth-order valence-corrected chi connectivity index (χ4v) is 4.15. The van der Waals surface area contributed by atoms with E-state index in [4.69, 9.17) is 0 Å². The van der Waals surface area contributed by atoms with E-state index in [1.54, 1.807) is 0 Å². The highest BCUT2D eigenvalue weighted by molar-refractivity contribution is 4.95. The zero-order chi connectivity index (χ0) is 14.8. The van der Waals surface area contributed by atoms with Crippen molar-refractivity contribution in [2.75, 3.05) is 33.7 Å². The Morgan fingerprint density at radius 2 is 1.85 bits per heavy atom. The van der Waals surface area contributed by atoms with Crippen LogP contribution in [0.3, 0.4) is 0 Å². The molecule has 2 aliphatic rings. The normalized spacial score (nSPS) is 32.7. The predicted molar refractivity (Wildman–Crippen MR) is 87.2 cm³/mol. The number of likely N-dealkylation sites (tertiary alicyclic amines) is 1. The number of hydrogen-bond acceptors (Lipinski definition) is 3. The summed E-state index contributed by atoms with van der Waals surface area (Å²) in [5.41, 5.74) is 0.510. The van der Waals surface area contributed by atoms with Gasteiger partial charge >= 0.3 is 0 Å². The Bertz CT molecular complexity index is 295. The Kier molecular flexibility index (Phi) is 5.49. The first-order chi connectivity index (χ1) is 9.43. The van der Waals surface area contributed by atoms with Crippen molar-refractivity contribution in [2.24, 2.45) is 5.41 Å². The maximum Gasteiger partial charge on any atom is 0.0254 e. The lowest BCUT2D eigenvalue weighted by Crippen LogP contribution is -2.57. The summed E-state index contributed by atoms with van der Waals surface area (Å²) in [6.45, 7) is 10.8. The fourth-order valence-electron chi connectivity index (χ4n) is 4.15. The fraction of sp³-hybridized carbons (Fsp3) is 1.00. The van der Waals surface area contributed by atoms with Gasteiger partial charge in [0, 0.05) is 18.1 Å². The van der Waals surface area contributed by atoms with Crippen LogP contribution in [0.5, 0.6) is 0 Å². The zero-order valence-electron chi connectivity index (χ0n) is 14.3. The standard InChI is InChI=1S/C17H35N3/c1-6-18-15-7-10-17(2,3)13-16(15)20(5)14-8-11-19(4)12-9-14/h14-16,18H,6-13H2,1-5H3. The van der Waals surface area contributed by atoms with Gasteiger partial charge in [0.25, 0.3) is 0 Å². The van der Waals surface area contributed by atoms with Gasteiger partial charge in [-0.05, 0) is 71.2 Å². The summed E-state index contributed by atoms with van der Waals surface area (Å²) in [6.07, 6.45) is 6.71. The van der Waals surface area contributed by atoms with Gasteiger partial charge < -0.3 is 10.2 Å². The van der Waals surface area contributed by atoms with Crippen LogP contribution >= 0.6 is 0 Å². The monoisotopic (exact) mass is 281 g/mol. The van der Waals surface area contributed by atoms with Crippen molar-refractivity contribution in [2.45, 2.75) is 71.0 Å². The lowest BCUT2D eigenvalue weighted by atomic mass is 9.72. The molecule has 20 heavy (non-hydrogen) atoms. The van der Waals surface area contributed by atoms with E-state index in [2.05, 4.69) is 50.0 Å². The van der Waals surface area contributed by atoms with Gasteiger partial charge in [-0.3, -0.25) is 4.90 Å². The minimum absolute atomic E-state index is 0.510. The Morgan fingerprint density at radius 1 is 1.20 bits per heavy atom. The van der Waals surface area contributed by atoms with E-state index >= 15 is 0 Å². The molecule has 0 spiro atoms. The summed E-state index contributed by atoms with van der Waals surface area (Å²) in [6, 6.07) is 2.19. The lowest BCUT2D eigenvalue weighted by molar-refractivity contribution is 0.0344. The highest BCUT2D eigenvalue weighted by Crippen LogP contribution is 2.38. The molecule has 1 saturated carbocycles. The Labute approximate surface area is 126 Å². The average Bonchev–Trinajstić information content (AvgIpc) is 2.41. The van der Waals surface area contributed by atoms with Crippen molar-refractivity contribution in [1.29, 1.82) is 0 Å². The molecule has 2 atom stereocenters. The number of nitrogens with one attached hydrogen (secondary N) is 1. The first kappa shape index (κ1) is 16.3. The number of rotatable bonds is 4. The average molecular weight is 281 g/mol. The first-order valence-electron chi connectivity index (χ1n) is 8.57. The molecule has 0 bridgehead atoms. The second kappa shape index (κ2) is 6.76. The molecule has 118 valence electrons. The lowest BCUT2D eigenvalue weighted by Gasteiger charge is -2.48. The van der Waals surface area contributed by atoms with Gasteiger partial charge in [0.2, 0.25) is 0 Å². The van der Waals surface area contributed by atoms with E-state index in [1.807, 2.05) is 0 Å². The zero-order valence-corrected chi connectivity index (χ0v) is 14.3. The Hall–Kier alpha value is -0.120. The Morgan fingerprint density at radius 3 is 2.45 bits per heavy atom. The first-order valence-corrected chi connectivity index (χ1v) is 8.57. The molecule has 0 radical (unpaired) electrons. The van der Waals surface area contributed by atoms with Gasteiger partial charge in [-0.25, -0.2) is 0 Å². The minimum Gasteiger partial charge on any atom is -0.313 e. The molecule has 0 amide bonds. The quantitative estimate of drug-likeness (QED) is 0.854. The van der Waals surface area contributed by atoms with Crippen LogP contribution in [0.15, 0.2) is 0 Å². The van der Waals surface area contributed by atoms with Crippen LogP contribution in [0.25, 0.3) is 0 Å². The Balaban J connectivity index is 2.01.